The zero-order valence-corrected chi connectivity index (χ0v) is 10.8. The summed E-state index contributed by atoms with van der Waals surface area (Å²) in [7, 11) is 0. The molecule has 2 rings (SSSR count). The Kier molecular flexibility index (Phi) is 4.18. The molecule has 0 aliphatic heterocycles. The molecular weight excluding hydrogens is 240 g/mol. The van der Waals surface area contributed by atoms with E-state index in [9.17, 15) is 4.79 Å². The van der Waals surface area contributed by atoms with Gasteiger partial charge in [-0.3, -0.25) is 4.79 Å². The van der Waals surface area contributed by atoms with E-state index in [-0.39, 0.29) is 6.42 Å². The largest absolute Gasteiger partial charge is 0.489 e. The monoisotopic (exact) mass is 256 g/mol. The Morgan fingerprint density at radius 2 is 1.79 bits per heavy atom. The molecular formula is C16H16O3. The number of carboxylic acids is 1. The van der Waals surface area contributed by atoms with Crippen molar-refractivity contribution in [3.8, 4) is 5.75 Å². The third-order valence-electron chi connectivity index (χ3n) is 2.93. The second-order valence-electron chi connectivity index (χ2n) is 4.43. The van der Waals surface area contributed by atoms with E-state index in [1.807, 2.05) is 18.2 Å². The van der Waals surface area contributed by atoms with Crippen LogP contribution in [0.2, 0.25) is 0 Å². The van der Waals surface area contributed by atoms with E-state index in [0.717, 1.165) is 16.9 Å². The van der Waals surface area contributed by atoms with Crippen molar-refractivity contribution >= 4 is 5.97 Å². The van der Waals surface area contributed by atoms with Crippen LogP contribution in [0.1, 0.15) is 16.7 Å². The first kappa shape index (κ1) is 13.1. The van der Waals surface area contributed by atoms with Crippen molar-refractivity contribution in [2.75, 3.05) is 0 Å². The van der Waals surface area contributed by atoms with Crippen LogP contribution in [0.25, 0.3) is 0 Å². The fraction of sp³-hybridized carbons (Fsp3) is 0.188. The SMILES string of the molecule is Cc1ccccc1COc1ccc(CC(=O)O)cc1. The molecule has 2 aromatic carbocycles. The molecule has 0 fully saturated rings. The predicted octanol–water partition coefficient (Wildman–Crippen LogP) is 3.20. The Morgan fingerprint density at radius 3 is 2.42 bits per heavy atom. The lowest BCUT2D eigenvalue weighted by atomic mass is 10.1. The van der Waals surface area contributed by atoms with Crippen LogP contribution in [-0.2, 0) is 17.8 Å². The number of hydrogen-bond donors (Lipinski definition) is 1. The van der Waals surface area contributed by atoms with E-state index in [2.05, 4.69) is 13.0 Å². The molecule has 0 saturated carbocycles. The first-order valence-electron chi connectivity index (χ1n) is 6.13. The van der Waals surface area contributed by atoms with Gasteiger partial charge in [0.15, 0.2) is 0 Å². The average molecular weight is 256 g/mol. The van der Waals surface area contributed by atoms with Crippen LogP contribution in [0.4, 0.5) is 0 Å². The fourth-order valence-corrected chi connectivity index (χ4v) is 1.81. The highest BCUT2D eigenvalue weighted by molar-refractivity contribution is 5.70. The van der Waals surface area contributed by atoms with E-state index in [0.29, 0.717) is 6.61 Å². The lowest BCUT2D eigenvalue weighted by Crippen LogP contribution is -2.00. The molecule has 0 spiro atoms. The van der Waals surface area contributed by atoms with Crippen LogP contribution in [0.5, 0.6) is 5.75 Å². The van der Waals surface area contributed by atoms with E-state index in [1.54, 1.807) is 24.3 Å². The van der Waals surface area contributed by atoms with Crippen LogP contribution in [0, 0.1) is 6.92 Å². The molecule has 0 bridgehead atoms. The smallest absolute Gasteiger partial charge is 0.307 e. The molecule has 0 aromatic heterocycles. The molecule has 1 N–H and O–H groups in total. The standard InChI is InChI=1S/C16H16O3/c1-12-4-2-3-5-14(12)11-19-15-8-6-13(7-9-15)10-16(17)18/h2-9H,10-11H2,1H3,(H,17,18). The van der Waals surface area contributed by atoms with Gasteiger partial charge in [-0.1, -0.05) is 36.4 Å². The molecule has 3 nitrogen and oxygen atoms in total. The van der Waals surface area contributed by atoms with Gasteiger partial charge < -0.3 is 9.84 Å². The van der Waals surface area contributed by atoms with Gasteiger partial charge in [0, 0.05) is 0 Å². The van der Waals surface area contributed by atoms with Crippen molar-refractivity contribution in [3.63, 3.8) is 0 Å². The Morgan fingerprint density at radius 1 is 1.11 bits per heavy atom. The molecule has 0 saturated heterocycles. The summed E-state index contributed by atoms with van der Waals surface area (Å²) in [5.74, 6) is -0.0778. The maximum atomic E-state index is 10.6. The zero-order chi connectivity index (χ0) is 13.7. The van der Waals surface area contributed by atoms with Crippen molar-refractivity contribution in [2.24, 2.45) is 0 Å². The van der Waals surface area contributed by atoms with E-state index >= 15 is 0 Å². The summed E-state index contributed by atoms with van der Waals surface area (Å²) >= 11 is 0. The van der Waals surface area contributed by atoms with Gasteiger partial charge in [-0.05, 0) is 35.7 Å². The van der Waals surface area contributed by atoms with Gasteiger partial charge in [0.2, 0.25) is 0 Å². The van der Waals surface area contributed by atoms with Crippen molar-refractivity contribution in [1.82, 2.24) is 0 Å². The Bertz CT molecular complexity index is 558. The topological polar surface area (TPSA) is 46.5 Å². The lowest BCUT2D eigenvalue weighted by molar-refractivity contribution is -0.136. The molecule has 98 valence electrons. The van der Waals surface area contributed by atoms with E-state index < -0.39 is 5.97 Å². The minimum atomic E-state index is -0.825. The first-order valence-corrected chi connectivity index (χ1v) is 6.13. The summed E-state index contributed by atoms with van der Waals surface area (Å²) in [5.41, 5.74) is 3.12. The number of ether oxygens (including phenoxy) is 1. The van der Waals surface area contributed by atoms with E-state index in [4.69, 9.17) is 9.84 Å². The van der Waals surface area contributed by atoms with Gasteiger partial charge in [-0.2, -0.15) is 0 Å². The van der Waals surface area contributed by atoms with E-state index in [1.165, 1.54) is 5.56 Å². The van der Waals surface area contributed by atoms with Crippen molar-refractivity contribution < 1.29 is 14.6 Å². The molecule has 2 aromatic rings. The summed E-state index contributed by atoms with van der Waals surface area (Å²) in [5, 5.41) is 8.69. The highest BCUT2D eigenvalue weighted by Crippen LogP contribution is 2.16. The highest BCUT2D eigenvalue weighted by atomic mass is 16.5. The minimum Gasteiger partial charge on any atom is -0.489 e. The molecule has 0 unspecified atom stereocenters. The predicted molar refractivity (Wildman–Crippen MR) is 73.3 cm³/mol. The summed E-state index contributed by atoms with van der Waals surface area (Å²) < 4.78 is 5.69. The number of aliphatic carboxylic acids is 1. The minimum absolute atomic E-state index is 0.0398. The first-order chi connectivity index (χ1) is 9.15. The summed E-state index contributed by atoms with van der Waals surface area (Å²) in [6.45, 7) is 2.57. The van der Waals surface area contributed by atoms with Crippen LogP contribution in [0.15, 0.2) is 48.5 Å². The van der Waals surface area contributed by atoms with Crippen LogP contribution in [-0.4, -0.2) is 11.1 Å². The number of carbonyl (C=O) groups is 1. The quantitative estimate of drug-likeness (QED) is 0.893. The van der Waals surface area contributed by atoms with Gasteiger partial charge in [-0.15, -0.1) is 0 Å². The molecule has 0 atom stereocenters. The third kappa shape index (κ3) is 3.85. The number of carboxylic acid groups (broad SMARTS) is 1. The van der Waals surface area contributed by atoms with Crippen molar-refractivity contribution in [3.05, 3.63) is 65.2 Å². The summed E-state index contributed by atoms with van der Waals surface area (Å²) in [6, 6.07) is 15.2. The van der Waals surface area contributed by atoms with Gasteiger partial charge in [-0.25, -0.2) is 0 Å². The van der Waals surface area contributed by atoms with Crippen LogP contribution < -0.4 is 4.74 Å². The average Bonchev–Trinajstić information content (AvgIpc) is 2.39. The van der Waals surface area contributed by atoms with Crippen molar-refractivity contribution in [2.45, 2.75) is 20.0 Å². The summed E-state index contributed by atoms with van der Waals surface area (Å²) in [4.78, 5) is 10.6. The highest BCUT2D eigenvalue weighted by Gasteiger charge is 2.02. The number of hydrogen-bond acceptors (Lipinski definition) is 2. The van der Waals surface area contributed by atoms with Crippen LogP contribution >= 0.6 is 0 Å². The lowest BCUT2D eigenvalue weighted by Gasteiger charge is -2.09. The summed E-state index contributed by atoms with van der Waals surface area (Å²) in [6.07, 6.45) is 0.0398. The van der Waals surface area contributed by atoms with Gasteiger partial charge in [0.25, 0.3) is 0 Å². The van der Waals surface area contributed by atoms with Gasteiger partial charge in [0.05, 0.1) is 6.42 Å². The van der Waals surface area contributed by atoms with Crippen molar-refractivity contribution in [1.29, 1.82) is 0 Å². The van der Waals surface area contributed by atoms with Gasteiger partial charge >= 0.3 is 5.97 Å². The molecule has 19 heavy (non-hydrogen) atoms. The number of rotatable bonds is 5. The molecule has 0 radical (unpaired) electrons. The maximum absolute atomic E-state index is 10.6. The number of benzene rings is 2. The second-order valence-corrected chi connectivity index (χ2v) is 4.43. The fourth-order valence-electron chi connectivity index (χ4n) is 1.81. The zero-order valence-electron chi connectivity index (χ0n) is 10.8. The second kappa shape index (κ2) is 6.05. The number of aryl methyl sites for hydroxylation is 1. The molecule has 0 amide bonds. The molecule has 0 aliphatic carbocycles. The van der Waals surface area contributed by atoms with Crippen LogP contribution in [0.3, 0.4) is 0 Å². The Hall–Kier alpha value is -2.29. The third-order valence-corrected chi connectivity index (χ3v) is 2.93. The molecule has 0 aliphatic rings. The van der Waals surface area contributed by atoms with Gasteiger partial charge in [0.1, 0.15) is 12.4 Å². The molecule has 3 heteroatoms. The molecule has 0 heterocycles. The normalized spacial score (nSPS) is 10.2. The Balaban J connectivity index is 1.97. The Labute approximate surface area is 112 Å². The maximum Gasteiger partial charge on any atom is 0.307 e.